The zero-order valence-electron chi connectivity index (χ0n) is 12.8. The Labute approximate surface area is 129 Å². The summed E-state index contributed by atoms with van der Waals surface area (Å²) in [4.78, 5) is 19.5. The fourth-order valence-corrected chi connectivity index (χ4v) is 1.90. The molecule has 0 spiro atoms. The lowest BCUT2D eigenvalue weighted by molar-refractivity contribution is 0.0689. The van der Waals surface area contributed by atoms with E-state index in [1.54, 1.807) is 0 Å². The van der Waals surface area contributed by atoms with Crippen molar-refractivity contribution in [1.82, 2.24) is 9.97 Å². The summed E-state index contributed by atoms with van der Waals surface area (Å²) in [7, 11) is 0. The van der Waals surface area contributed by atoms with Crippen LogP contribution in [0.2, 0.25) is 0 Å². The van der Waals surface area contributed by atoms with E-state index in [4.69, 9.17) is 9.84 Å². The molecule has 0 atom stereocenters. The fraction of sp³-hybridized carbons (Fsp3) is 0.312. The van der Waals surface area contributed by atoms with Gasteiger partial charge in [0.05, 0.1) is 0 Å². The number of nitrogens with one attached hydrogen (secondary N) is 1. The minimum Gasteiger partial charge on any atom is -0.485 e. The first-order valence-corrected chi connectivity index (χ1v) is 7.02. The predicted molar refractivity (Wildman–Crippen MR) is 83.3 cm³/mol. The molecular weight excluding hydrogens is 282 g/mol. The molecule has 6 nitrogen and oxygen atoms in total. The molecule has 1 aromatic heterocycles. The lowest BCUT2D eigenvalue weighted by Crippen LogP contribution is -2.15. The monoisotopic (exact) mass is 301 g/mol. The van der Waals surface area contributed by atoms with Gasteiger partial charge in [0.1, 0.15) is 18.2 Å². The molecule has 0 amide bonds. The molecule has 6 heteroatoms. The zero-order chi connectivity index (χ0) is 16.1. The van der Waals surface area contributed by atoms with Crippen molar-refractivity contribution in [3.63, 3.8) is 0 Å². The molecule has 0 aliphatic rings. The van der Waals surface area contributed by atoms with Crippen molar-refractivity contribution >= 4 is 11.8 Å². The van der Waals surface area contributed by atoms with E-state index in [0.29, 0.717) is 11.6 Å². The number of rotatable bonds is 6. The van der Waals surface area contributed by atoms with Crippen molar-refractivity contribution in [2.75, 3.05) is 5.32 Å². The summed E-state index contributed by atoms with van der Waals surface area (Å²) in [5.74, 6) is 0.439. The summed E-state index contributed by atoms with van der Waals surface area (Å²) in [6.45, 7) is 5.95. The number of hydrogen-bond donors (Lipinski definition) is 2. The minimum atomic E-state index is -1.09. The maximum Gasteiger partial charge on any atom is 0.354 e. The number of anilines is 1. The highest BCUT2D eigenvalue weighted by Gasteiger charge is 2.12. The second-order valence-electron chi connectivity index (χ2n) is 5.21. The van der Waals surface area contributed by atoms with Crippen LogP contribution in [0.15, 0.2) is 30.3 Å². The lowest BCUT2D eigenvalue weighted by atomic mass is 10.2. The largest absolute Gasteiger partial charge is 0.485 e. The Kier molecular flexibility index (Phi) is 4.93. The van der Waals surface area contributed by atoms with Crippen molar-refractivity contribution < 1.29 is 14.6 Å². The van der Waals surface area contributed by atoms with Crippen LogP contribution < -0.4 is 10.1 Å². The molecule has 2 N–H and O–H groups in total. The quantitative estimate of drug-likeness (QED) is 0.853. The third-order valence-electron chi connectivity index (χ3n) is 2.88. The van der Waals surface area contributed by atoms with Gasteiger partial charge in [-0.2, -0.15) is 0 Å². The molecule has 2 rings (SSSR count). The lowest BCUT2D eigenvalue weighted by Gasteiger charge is -2.12. The highest BCUT2D eigenvalue weighted by molar-refractivity contribution is 5.86. The first kappa shape index (κ1) is 15.8. The number of ether oxygens (including phenoxy) is 1. The van der Waals surface area contributed by atoms with Gasteiger partial charge < -0.3 is 15.2 Å². The number of aryl methyl sites for hydroxylation is 1. The average molecular weight is 301 g/mol. The Morgan fingerprint density at radius 3 is 2.68 bits per heavy atom. The van der Waals surface area contributed by atoms with Gasteiger partial charge in [-0.25, -0.2) is 14.8 Å². The van der Waals surface area contributed by atoms with Gasteiger partial charge in [-0.3, -0.25) is 0 Å². The van der Waals surface area contributed by atoms with Crippen molar-refractivity contribution in [1.29, 1.82) is 0 Å². The van der Waals surface area contributed by atoms with Gasteiger partial charge in [0.2, 0.25) is 0 Å². The first-order chi connectivity index (χ1) is 10.5. The van der Waals surface area contributed by atoms with Crippen LogP contribution in [0.3, 0.4) is 0 Å². The number of carbonyl (C=O) groups is 1. The Morgan fingerprint density at radius 2 is 2.05 bits per heavy atom. The molecule has 0 saturated heterocycles. The number of benzene rings is 1. The Bertz CT molecular complexity index is 671. The van der Waals surface area contributed by atoms with E-state index in [-0.39, 0.29) is 18.3 Å². The summed E-state index contributed by atoms with van der Waals surface area (Å²) >= 11 is 0. The Morgan fingerprint density at radius 1 is 1.32 bits per heavy atom. The summed E-state index contributed by atoms with van der Waals surface area (Å²) < 4.78 is 5.67. The van der Waals surface area contributed by atoms with E-state index < -0.39 is 5.97 Å². The van der Waals surface area contributed by atoms with Crippen molar-refractivity contribution in [3.8, 4) is 5.75 Å². The van der Waals surface area contributed by atoms with Crippen LogP contribution in [-0.4, -0.2) is 27.1 Å². The standard InChI is InChI=1S/C16H19N3O3/c1-10(2)17-14-8-12(16(20)21)18-15(19-14)9-22-13-7-5-4-6-11(13)3/h4-8,10H,9H2,1-3H3,(H,20,21)(H,17,18,19). The average Bonchev–Trinajstić information content (AvgIpc) is 2.45. The molecule has 116 valence electrons. The predicted octanol–water partition coefficient (Wildman–Crippen LogP) is 2.88. The molecule has 2 aromatic rings. The van der Waals surface area contributed by atoms with Gasteiger partial charge in [0.15, 0.2) is 11.5 Å². The van der Waals surface area contributed by atoms with Gasteiger partial charge in [-0.15, -0.1) is 0 Å². The van der Waals surface area contributed by atoms with E-state index >= 15 is 0 Å². The number of aromatic carboxylic acids is 1. The van der Waals surface area contributed by atoms with Crippen LogP contribution in [-0.2, 0) is 6.61 Å². The zero-order valence-corrected chi connectivity index (χ0v) is 12.8. The Balaban J connectivity index is 2.20. The maximum absolute atomic E-state index is 11.2. The van der Waals surface area contributed by atoms with E-state index in [9.17, 15) is 4.79 Å². The van der Waals surface area contributed by atoms with Gasteiger partial charge in [0, 0.05) is 12.1 Å². The second-order valence-corrected chi connectivity index (χ2v) is 5.21. The van der Waals surface area contributed by atoms with Gasteiger partial charge in [0.25, 0.3) is 0 Å². The topological polar surface area (TPSA) is 84.3 Å². The van der Waals surface area contributed by atoms with Crippen LogP contribution in [0, 0.1) is 6.92 Å². The third-order valence-corrected chi connectivity index (χ3v) is 2.88. The van der Waals surface area contributed by atoms with Gasteiger partial charge in [-0.05, 0) is 32.4 Å². The van der Waals surface area contributed by atoms with Crippen LogP contribution in [0.5, 0.6) is 5.75 Å². The molecule has 0 aliphatic heterocycles. The Hall–Kier alpha value is -2.63. The first-order valence-electron chi connectivity index (χ1n) is 7.02. The minimum absolute atomic E-state index is 0.0541. The molecule has 0 aliphatic carbocycles. The van der Waals surface area contributed by atoms with E-state index in [0.717, 1.165) is 11.3 Å². The number of para-hydroxylation sites is 1. The van der Waals surface area contributed by atoms with Crippen LogP contribution in [0.25, 0.3) is 0 Å². The van der Waals surface area contributed by atoms with Gasteiger partial charge in [-0.1, -0.05) is 18.2 Å². The summed E-state index contributed by atoms with van der Waals surface area (Å²) in [5, 5.41) is 12.2. The number of aromatic nitrogens is 2. The van der Waals surface area contributed by atoms with Crippen molar-refractivity contribution in [2.45, 2.75) is 33.4 Å². The highest BCUT2D eigenvalue weighted by atomic mass is 16.5. The molecule has 0 fully saturated rings. The van der Waals surface area contributed by atoms with E-state index in [1.807, 2.05) is 45.0 Å². The van der Waals surface area contributed by atoms with E-state index in [2.05, 4.69) is 15.3 Å². The fourth-order valence-electron chi connectivity index (χ4n) is 1.90. The molecule has 0 bridgehead atoms. The summed E-state index contributed by atoms with van der Waals surface area (Å²) in [5.41, 5.74) is 0.943. The number of carboxylic acid groups (broad SMARTS) is 1. The molecule has 1 aromatic carbocycles. The number of carboxylic acids is 1. The van der Waals surface area contributed by atoms with Crippen LogP contribution in [0.1, 0.15) is 35.7 Å². The molecule has 0 unspecified atom stereocenters. The SMILES string of the molecule is Cc1ccccc1OCc1nc(NC(C)C)cc(C(=O)O)n1. The van der Waals surface area contributed by atoms with Crippen molar-refractivity contribution in [2.24, 2.45) is 0 Å². The molecular formula is C16H19N3O3. The number of nitrogens with zero attached hydrogens (tertiary/aromatic N) is 2. The molecule has 22 heavy (non-hydrogen) atoms. The third kappa shape index (κ3) is 4.18. The smallest absolute Gasteiger partial charge is 0.354 e. The van der Waals surface area contributed by atoms with E-state index in [1.165, 1.54) is 6.07 Å². The highest BCUT2D eigenvalue weighted by Crippen LogP contribution is 2.18. The normalized spacial score (nSPS) is 10.5. The molecule has 0 saturated carbocycles. The summed E-state index contributed by atoms with van der Waals surface area (Å²) in [6, 6.07) is 9.15. The maximum atomic E-state index is 11.2. The number of hydrogen-bond acceptors (Lipinski definition) is 5. The molecule has 1 heterocycles. The van der Waals surface area contributed by atoms with Crippen LogP contribution in [0.4, 0.5) is 5.82 Å². The van der Waals surface area contributed by atoms with Gasteiger partial charge >= 0.3 is 5.97 Å². The summed E-state index contributed by atoms with van der Waals surface area (Å²) in [6.07, 6.45) is 0. The van der Waals surface area contributed by atoms with Crippen LogP contribution >= 0.6 is 0 Å². The van der Waals surface area contributed by atoms with Crippen molar-refractivity contribution in [3.05, 3.63) is 47.4 Å². The second kappa shape index (κ2) is 6.89. The molecule has 0 radical (unpaired) electrons.